The van der Waals surface area contributed by atoms with Crippen molar-refractivity contribution in [2.45, 2.75) is 58.8 Å². The molecule has 2 rings (SSSR count). The van der Waals surface area contributed by atoms with E-state index in [9.17, 15) is 0 Å². The zero-order chi connectivity index (χ0) is 11.3. The molecule has 0 N–H and O–H groups in total. The predicted molar refractivity (Wildman–Crippen MR) is 68.4 cm³/mol. The summed E-state index contributed by atoms with van der Waals surface area (Å²) in [6.45, 7) is 8.72. The minimum Gasteiger partial charge on any atom is -0.0683 e. The molecule has 0 heterocycles. The number of hydrogen-bond acceptors (Lipinski definition) is 0. The van der Waals surface area contributed by atoms with Gasteiger partial charge in [0, 0.05) is 0 Å². The minimum absolute atomic E-state index is 0.453. The number of hydrogen-bond donors (Lipinski definition) is 0. The van der Waals surface area contributed by atoms with Crippen molar-refractivity contribution in [1.29, 1.82) is 0 Å². The Morgan fingerprint density at radius 1 is 1.20 bits per heavy atom. The van der Waals surface area contributed by atoms with Gasteiger partial charge in [0.25, 0.3) is 0 Å². The first kappa shape index (κ1) is 12.3. The Bertz CT molecular complexity index is 301. The van der Waals surface area contributed by atoms with E-state index >= 15 is 0 Å². The molecule has 0 fully saturated rings. The Hall–Kier alpha value is -0.780. The fourth-order valence-electron chi connectivity index (χ4n) is 2.50. The molecule has 1 unspecified atom stereocenters. The molecular weight excluding hydrogens is 180 g/mol. The standard InChI is InChI=1S/C13H18.C2H6/c1-3-13(2)10-6-8-11-7-4-5-9-12(11)13;1-2/h4-5,7,9H,3,6,8,10H2,1-2H3;1-2H3. The third kappa shape index (κ3) is 2.42. The topological polar surface area (TPSA) is 0 Å². The van der Waals surface area contributed by atoms with Crippen LogP contribution in [0.1, 0.15) is 58.1 Å². The first-order valence-corrected chi connectivity index (χ1v) is 6.35. The molecule has 84 valence electrons. The maximum atomic E-state index is 2.41. The van der Waals surface area contributed by atoms with Gasteiger partial charge < -0.3 is 0 Å². The Morgan fingerprint density at radius 3 is 2.53 bits per heavy atom. The van der Waals surface area contributed by atoms with Gasteiger partial charge in [-0.2, -0.15) is 0 Å². The highest BCUT2D eigenvalue weighted by Crippen LogP contribution is 2.39. The van der Waals surface area contributed by atoms with Crippen molar-refractivity contribution < 1.29 is 0 Å². The highest BCUT2D eigenvalue weighted by Gasteiger charge is 2.29. The molecule has 15 heavy (non-hydrogen) atoms. The Kier molecular flexibility index (Phi) is 4.38. The average molecular weight is 204 g/mol. The smallest absolute Gasteiger partial charge is 0.00750 e. The van der Waals surface area contributed by atoms with E-state index < -0.39 is 0 Å². The summed E-state index contributed by atoms with van der Waals surface area (Å²) in [6.07, 6.45) is 5.28. The molecule has 0 aromatic heterocycles. The van der Waals surface area contributed by atoms with Crippen LogP contribution in [0.15, 0.2) is 24.3 Å². The van der Waals surface area contributed by atoms with Crippen LogP contribution in [0.3, 0.4) is 0 Å². The average Bonchev–Trinajstić information content (AvgIpc) is 2.32. The number of rotatable bonds is 1. The SMILES string of the molecule is CC.CCC1(C)CCCc2ccccc21. The van der Waals surface area contributed by atoms with Crippen molar-refractivity contribution in [3.8, 4) is 0 Å². The molecule has 0 saturated carbocycles. The zero-order valence-electron chi connectivity index (χ0n) is 10.6. The van der Waals surface area contributed by atoms with Crippen LogP contribution in [0.2, 0.25) is 0 Å². The molecule has 1 aliphatic rings. The Morgan fingerprint density at radius 2 is 1.87 bits per heavy atom. The molecule has 0 saturated heterocycles. The van der Waals surface area contributed by atoms with E-state index in [0.29, 0.717) is 5.41 Å². The summed E-state index contributed by atoms with van der Waals surface area (Å²) in [5.41, 5.74) is 3.64. The maximum absolute atomic E-state index is 2.41. The van der Waals surface area contributed by atoms with Gasteiger partial charge in [-0.1, -0.05) is 52.0 Å². The molecule has 0 nitrogen and oxygen atoms in total. The van der Waals surface area contributed by atoms with Crippen molar-refractivity contribution in [3.63, 3.8) is 0 Å². The summed E-state index contributed by atoms with van der Waals surface area (Å²) in [4.78, 5) is 0. The first-order valence-electron chi connectivity index (χ1n) is 6.35. The summed E-state index contributed by atoms with van der Waals surface area (Å²) in [7, 11) is 0. The maximum Gasteiger partial charge on any atom is -0.00750 e. The summed E-state index contributed by atoms with van der Waals surface area (Å²) in [5, 5.41) is 0. The van der Waals surface area contributed by atoms with Gasteiger partial charge in [0.1, 0.15) is 0 Å². The summed E-state index contributed by atoms with van der Waals surface area (Å²) < 4.78 is 0. The highest BCUT2D eigenvalue weighted by atomic mass is 14.3. The van der Waals surface area contributed by atoms with Gasteiger partial charge in [-0.3, -0.25) is 0 Å². The number of fused-ring (bicyclic) bond motifs is 1. The lowest BCUT2D eigenvalue weighted by Crippen LogP contribution is -2.26. The van der Waals surface area contributed by atoms with Gasteiger partial charge in [0.2, 0.25) is 0 Å². The van der Waals surface area contributed by atoms with Gasteiger partial charge in [-0.25, -0.2) is 0 Å². The fourth-order valence-corrected chi connectivity index (χ4v) is 2.50. The molecule has 0 aliphatic heterocycles. The van der Waals surface area contributed by atoms with E-state index in [4.69, 9.17) is 0 Å². The Labute approximate surface area is 94.7 Å². The molecule has 0 bridgehead atoms. The van der Waals surface area contributed by atoms with Gasteiger partial charge in [-0.15, -0.1) is 0 Å². The van der Waals surface area contributed by atoms with Gasteiger partial charge in [0.05, 0.1) is 0 Å². The molecule has 1 aliphatic carbocycles. The van der Waals surface area contributed by atoms with Crippen LogP contribution in [0, 0.1) is 0 Å². The lowest BCUT2D eigenvalue weighted by atomic mass is 9.70. The Balaban J connectivity index is 0.000000531. The normalized spacial score (nSPS) is 23.7. The van der Waals surface area contributed by atoms with Gasteiger partial charge in [0.15, 0.2) is 0 Å². The van der Waals surface area contributed by atoms with Crippen molar-refractivity contribution in [3.05, 3.63) is 35.4 Å². The molecular formula is C15H24. The predicted octanol–water partition coefficient (Wildman–Crippen LogP) is 4.72. The molecule has 1 aromatic carbocycles. The molecule has 0 heteroatoms. The minimum atomic E-state index is 0.453. The van der Waals surface area contributed by atoms with Crippen molar-refractivity contribution in [1.82, 2.24) is 0 Å². The molecule has 0 radical (unpaired) electrons. The third-order valence-electron chi connectivity index (χ3n) is 3.62. The molecule has 0 amide bonds. The van der Waals surface area contributed by atoms with E-state index in [-0.39, 0.29) is 0 Å². The van der Waals surface area contributed by atoms with E-state index in [2.05, 4.69) is 38.1 Å². The highest BCUT2D eigenvalue weighted by molar-refractivity contribution is 5.35. The summed E-state index contributed by atoms with van der Waals surface area (Å²) >= 11 is 0. The molecule has 1 aromatic rings. The third-order valence-corrected chi connectivity index (χ3v) is 3.62. The lowest BCUT2D eigenvalue weighted by molar-refractivity contribution is 0.381. The van der Waals surface area contributed by atoms with Crippen LogP contribution >= 0.6 is 0 Å². The van der Waals surface area contributed by atoms with Crippen molar-refractivity contribution in [2.24, 2.45) is 0 Å². The lowest BCUT2D eigenvalue weighted by Gasteiger charge is -2.35. The molecule has 1 atom stereocenters. The second-order valence-corrected chi connectivity index (χ2v) is 4.42. The van der Waals surface area contributed by atoms with Crippen LogP contribution in [0.5, 0.6) is 0 Å². The summed E-state index contributed by atoms with van der Waals surface area (Å²) in [5.74, 6) is 0. The van der Waals surface area contributed by atoms with Crippen LogP contribution < -0.4 is 0 Å². The van der Waals surface area contributed by atoms with E-state index in [1.54, 1.807) is 11.1 Å². The fraction of sp³-hybridized carbons (Fsp3) is 0.600. The van der Waals surface area contributed by atoms with Crippen molar-refractivity contribution >= 4 is 0 Å². The van der Waals surface area contributed by atoms with Crippen LogP contribution in [0.25, 0.3) is 0 Å². The number of aryl methyl sites for hydroxylation is 1. The zero-order valence-corrected chi connectivity index (χ0v) is 10.6. The molecule has 0 spiro atoms. The quantitative estimate of drug-likeness (QED) is 0.621. The van der Waals surface area contributed by atoms with E-state index in [0.717, 1.165) is 0 Å². The van der Waals surface area contributed by atoms with E-state index in [1.807, 2.05) is 13.8 Å². The monoisotopic (exact) mass is 204 g/mol. The van der Waals surface area contributed by atoms with Crippen LogP contribution in [-0.2, 0) is 11.8 Å². The van der Waals surface area contributed by atoms with Crippen LogP contribution in [0.4, 0.5) is 0 Å². The largest absolute Gasteiger partial charge is 0.0683 e. The first-order chi connectivity index (χ1) is 7.26. The van der Waals surface area contributed by atoms with Crippen LogP contribution in [-0.4, -0.2) is 0 Å². The number of benzene rings is 1. The second-order valence-electron chi connectivity index (χ2n) is 4.42. The van der Waals surface area contributed by atoms with Gasteiger partial charge >= 0.3 is 0 Å². The van der Waals surface area contributed by atoms with Crippen molar-refractivity contribution in [2.75, 3.05) is 0 Å². The second kappa shape index (κ2) is 5.34. The van der Waals surface area contributed by atoms with E-state index in [1.165, 1.54) is 25.7 Å². The summed E-state index contributed by atoms with van der Waals surface area (Å²) in [6, 6.07) is 8.96. The van der Waals surface area contributed by atoms with Gasteiger partial charge in [-0.05, 0) is 42.2 Å².